The van der Waals surface area contributed by atoms with Gasteiger partial charge in [-0.15, -0.1) is 0 Å². The van der Waals surface area contributed by atoms with Crippen molar-refractivity contribution in [2.45, 2.75) is 77.6 Å². The molecule has 4 unspecified atom stereocenters. The molecule has 8 nitrogen and oxygen atoms in total. The summed E-state index contributed by atoms with van der Waals surface area (Å²) in [5.74, 6) is 0.969. The van der Waals surface area contributed by atoms with Gasteiger partial charge in [-0.25, -0.2) is 4.79 Å². The fraction of sp³-hybridized carbons (Fsp3) is 0.516. The van der Waals surface area contributed by atoms with Crippen LogP contribution in [0, 0.1) is 5.92 Å². The molecule has 40 heavy (non-hydrogen) atoms. The van der Waals surface area contributed by atoms with Crippen molar-refractivity contribution in [1.29, 1.82) is 0 Å². The van der Waals surface area contributed by atoms with Gasteiger partial charge >= 0.3 is 6.09 Å². The van der Waals surface area contributed by atoms with Crippen LogP contribution in [0.15, 0.2) is 48.5 Å². The molecule has 1 saturated carbocycles. The molecule has 0 spiro atoms. The average molecular weight is 570 g/mol. The summed E-state index contributed by atoms with van der Waals surface area (Å²) in [6, 6.07) is 13.1. The lowest BCUT2D eigenvalue weighted by atomic mass is 9.99. The molecular weight excluding hydrogens is 526 g/mol. The molecule has 218 valence electrons. The highest BCUT2D eigenvalue weighted by molar-refractivity contribution is 7.98. The van der Waals surface area contributed by atoms with E-state index in [-0.39, 0.29) is 23.8 Å². The maximum absolute atomic E-state index is 14.3. The number of nitrogens with zero attached hydrogens (tertiary/aromatic N) is 1. The summed E-state index contributed by atoms with van der Waals surface area (Å²) in [5, 5.41) is 5.80. The Labute approximate surface area is 242 Å². The SMILES string of the molecule is CCc1ccc(C(C(=O)Nc2ccc(OC)cc2)N(C(=O)C(CCSC)NC(=O)OC(C)(C)C)C2CC2C)cc1. The first kappa shape index (κ1) is 31.3. The van der Waals surface area contributed by atoms with Gasteiger partial charge in [-0.1, -0.05) is 38.1 Å². The summed E-state index contributed by atoms with van der Waals surface area (Å²) in [6.07, 6.45) is 3.37. The fourth-order valence-corrected chi connectivity index (χ4v) is 5.03. The minimum absolute atomic E-state index is 0.123. The Morgan fingerprint density at radius 1 is 1.07 bits per heavy atom. The number of anilines is 1. The Balaban J connectivity index is 2.00. The van der Waals surface area contributed by atoms with Crippen molar-refractivity contribution < 1.29 is 23.9 Å². The molecule has 1 fully saturated rings. The van der Waals surface area contributed by atoms with Gasteiger partial charge in [0.15, 0.2) is 0 Å². The van der Waals surface area contributed by atoms with Crippen molar-refractivity contribution in [2.75, 3.05) is 24.4 Å². The number of amides is 3. The summed E-state index contributed by atoms with van der Waals surface area (Å²) in [4.78, 5) is 42.7. The summed E-state index contributed by atoms with van der Waals surface area (Å²) in [6.45, 7) is 9.49. The number of nitrogens with one attached hydrogen (secondary N) is 2. The minimum atomic E-state index is -0.882. The van der Waals surface area contributed by atoms with Crippen LogP contribution in [0.1, 0.15) is 64.6 Å². The molecule has 0 bridgehead atoms. The molecule has 4 atom stereocenters. The Morgan fingerprint density at radius 2 is 1.70 bits per heavy atom. The van der Waals surface area contributed by atoms with E-state index < -0.39 is 23.8 Å². The van der Waals surface area contributed by atoms with Gasteiger partial charge in [-0.05, 0) is 93.4 Å². The predicted molar refractivity (Wildman–Crippen MR) is 161 cm³/mol. The summed E-state index contributed by atoms with van der Waals surface area (Å²) in [7, 11) is 1.59. The number of hydrogen-bond acceptors (Lipinski definition) is 6. The Hall–Kier alpha value is -3.20. The van der Waals surface area contributed by atoms with Crippen LogP contribution in [0.5, 0.6) is 5.75 Å². The van der Waals surface area contributed by atoms with E-state index in [0.29, 0.717) is 23.6 Å². The van der Waals surface area contributed by atoms with E-state index in [0.717, 1.165) is 24.0 Å². The van der Waals surface area contributed by atoms with Crippen molar-refractivity contribution in [1.82, 2.24) is 10.2 Å². The maximum atomic E-state index is 14.3. The van der Waals surface area contributed by atoms with Crippen LogP contribution in [-0.4, -0.2) is 59.6 Å². The molecule has 0 heterocycles. The molecule has 2 aromatic rings. The largest absolute Gasteiger partial charge is 0.497 e. The minimum Gasteiger partial charge on any atom is -0.497 e. The van der Waals surface area contributed by atoms with Crippen LogP contribution < -0.4 is 15.4 Å². The van der Waals surface area contributed by atoms with Crippen LogP contribution in [0.3, 0.4) is 0 Å². The zero-order valence-electron chi connectivity index (χ0n) is 24.7. The normalized spacial score (nSPS) is 17.8. The number of benzene rings is 2. The zero-order chi connectivity index (χ0) is 29.4. The third kappa shape index (κ3) is 8.65. The lowest BCUT2D eigenvalue weighted by molar-refractivity contribution is -0.141. The lowest BCUT2D eigenvalue weighted by Gasteiger charge is -2.35. The van der Waals surface area contributed by atoms with Crippen LogP contribution >= 0.6 is 11.8 Å². The second-order valence-corrected chi connectivity index (χ2v) is 12.2. The lowest BCUT2D eigenvalue weighted by Crippen LogP contribution is -2.53. The van der Waals surface area contributed by atoms with E-state index in [2.05, 4.69) is 24.5 Å². The molecule has 9 heteroatoms. The van der Waals surface area contributed by atoms with Gasteiger partial charge in [0.1, 0.15) is 23.4 Å². The quantitative estimate of drug-likeness (QED) is 0.334. The summed E-state index contributed by atoms with van der Waals surface area (Å²) < 4.78 is 10.7. The van der Waals surface area contributed by atoms with Gasteiger partial charge in [-0.2, -0.15) is 11.8 Å². The fourth-order valence-electron chi connectivity index (χ4n) is 4.55. The number of thioether (sulfide) groups is 1. The molecule has 0 aliphatic heterocycles. The third-order valence-corrected chi connectivity index (χ3v) is 7.51. The van der Waals surface area contributed by atoms with Gasteiger partial charge in [0.2, 0.25) is 5.91 Å². The van der Waals surface area contributed by atoms with Crippen molar-refractivity contribution >= 4 is 35.4 Å². The topological polar surface area (TPSA) is 97.0 Å². The first-order valence-electron chi connectivity index (χ1n) is 13.8. The van der Waals surface area contributed by atoms with Gasteiger partial charge in [0.05, 0.1) is 7.11 Å². The molecule has 1 aliphatic rings. The smallest absolute Gasteiger partial charge is 0.408 e. The van der Waals surface area contributed by atoms with Gasteiger partial charge in [0.25, 0.3) is 5.91 Å². The predicted octanol–water partition coefficient (Wildman–Crippen LogP) is 5.82. The van der Waals surface area contributed by atoms with Crippen molar-refractivity contribution in [3.8, 4) is 5.75 Å². The van der Waals surface area contributed by atoms with Crippen LogP contribution in [0.2, 0.25) is 0 Å². The van der Waals surface area contributed by atoms with Crippen LogP contribution in [0.4, 0.5) is 10.5 Å². The summed E-state index contributed by atoms with van der Waals surface area (Å²) in [5.41, 5.74) is 1.75. The molecule has 3 amide bonds. The highest BCUT2D eigenvalue weighted by Gasteiger charge is 2.48. The second kappa shape index (κ2) is 13.9. The molecule has 0 aromatic heterocycles. The third-order valence-electron chi connectivity index (χ3n) is 6.87. The van der Waals surface area contributed by atoms with E-state index in [4.69, 9.17) is 9.47 Å². The number of hydrogen-bond donors (Lipinski definition) is 2. The van der Waals surface area contributed by atoms with Crippen LogP contribution in [-0.2, 0) is 20.7 Å². The monoisotopic (exact) mass is 569 g/mol. The number of carbonyl (C=O) groups excluding carboxylic acids is 3. The van der Waals surface area contributed by atoms with Crippen LogP contribution in [0.25, 0.3) is 0 Å². The highest BCUT2D eigenvalue weighted by Crippen LogP contribution is 2.41. The number of aryl methyl sites for hydroxylation is 1. The average Bonchev–Trinajstić information content (AvgIpc) is 3.64. The van der Waals surface area contributed by atoms with Crippen molar-refractivity contribution in [3.05, 3.63) is 59.7 Å². The molecule has 2 aromatic carbocycles. The standard InChI is InChI=1S/C31H43N3O5S/c1-8-21-9-11-22(12-10-21)27(28(35)32-23-13-15-24(38-6)16-14-23)34(26-19-20(26)2)29(36)25(17-18-40-7)33-30(37)39-31(3,4)5/h9-16,20,25-27H,8,17-19H2,1-7H3,(H,32,35)(H,33,37). The first-order chi connectivity index (χ1) is 19.0. The Kier molecular flexibility index (Phi) is 10.9. The number of ether oxygens (including phenoxy) is 2. The van der Waals surface area contributed by atoms with E-state index in [1.165, 1.54) is 0 Å². The highest BCUT2D eigenvalue weighted by atomic mass is 32.2. The summed E-state index contributed by atoms with van der Waals surface area (Å²) >= 11 is 1.59. The van der Waals surface area contributed by atoms with E-state index in [1.54, 1.807) is 68.8 Å². The first-order valence-corrected chi connectivity index (χ1v) is 15.2. The van der Waals surface area contributed by atoms with Gasteiger partial charge in [0, 0.05) is 11.7 Å². The molecule has 2 N–H and O–H groups in total. The molecule has 1 aliphatic carbocycles. The zero-order valence-corrected chi connectivity index (χ0v) is 25.5. The van der Waals surface area contributed by atoms with E-state index in [1.807, 2.05) is 30.5 Å². The number of alkyl carbamates (subject to hydrolysis) is 1. The Morgan fingerprint density at radius 3 is 2.20 bits per heavy atom. The van der Waals surface area contributed by atoms with E-state index in [9.17, 15) is 14.4 Å². The molecule has 3 rings (SSSR count). The Bertz CT molecular complexity index is 1150. The van der Waals surface area contributed by atoms with Gasteiger partial charge < -0.3 is 25.0 Å². The maximum Gasteiger partial charge on any atom is 0.408 e. The number of carbonyl (C=O) groups is 3. The van der Waals surface area contributed by atoms with E-state index >= 15 is 0 Å². The second-order valence-electron chi connectivity index (χ2n) is 11.2. The van der Waals surface area contributed by atoms with Gasteiger partial charge in [-0.3, -0.25) is 9.59 Å². The number of methoxy groups -OCH3 is 1. The van der Waals surface area contributed by atoms with Crippen molar-refractivity contribution in [2.24, 2.45) is 5.92 Å². The molecule has 0 saturated heterocycles. The molecule has 0 radical (unpaired) electrons. The van der Waals surface area contributed by atoms with Crippen molar-refractivity contribution in [3.63, 3.8) is 0 Å². The molecular formula is C31H43N3O5S. The number of rotatable bonds is 12.